The lowest BCUT2D eigenvalue weighted by Crippen LogP contribution is -1.86. The highest BCUT2D eigenvalue weighted by Gasteiger charge is 1.88. The third-order valence-corrected chi connectivity index (χ3v) is 1.20. The van der Waals surface area contributed by atoms with Crippen molar-refractivity contribution in [2.75, 3.05) is 0 Å². The van der Waals surface area contributed by atoms with E-state index in [2.05, 4.69) is 9.33 Å². The molecule has 0 aliphatic rings. The van der Waals surface area contributed by atoms with Crippen molar-refractivity contribution in [3.05, 3.63) is 35.9 Å². The smallest absolute Gasteiger partial charge is 0.109 e. The fourth-order valence-corrected chi connectivity index (χ4v) is 0.709. The van der Waals surface area contributed by atoms with Gasteiger partial charge in [-0.2, -0.15) is 0 Å². The van der Waals surface area contributed by atoms with E-state index < -0.39 is 0 Å². The minimum atomic E-state index is 0.379. The maximum Gasteiger partial charge on any atom is 0.109 e. The first kappa shape index (κ1) is 7.54. The van der Waals surface area contributed by atoms with Crippen molar-refractivity contribution < 1.29 is 9.33 Å². The minimum absolute atomic E-state index is 0.379. The van der Waals surface area contributed by atoms with Crippen LogP contribution in [0.4, 0.5) is 0 Å². The molecule has 0 aromatic heterocycles. The molecular weight excluding hydrogens is 152 g/mol. The highest BCUT2D eigenvalue weighted by atomic mass is 35.5. The van der Waals surface area contributed by atoms with Gasteiger partial charge in [0.1, 0.15) is 6.61 Å². The summed E-state index contributed by atoms with van der Waals surface area (Å²) in [6, 6.07) is 9.64. The molecule has 0 unspecified atom stereocenters. The van der Waals surface area contributed by atoms with Gasteiger partial charge in [0.25, 0.3) is 0 Å². The van der Waals surface area contributed by atoms with Gasteiger partial charge in [-0.05, 0) is 5.56 Å². The lowest BCUT2D eigenvalue weighted by molar-refractivity contribution is -0.213. The summed E-state index contributed by atoms with van der Waals surface area (Å²) in [5.41, 5.74) is 1.03. The van der Waals surface area contributed by atoms with Crippen LogP contribution in [0.15, 0.2) is 30.3 Å². The first-order valence-electron chi connectivity index (χ1n) is 2.87. The summed E-state index contributed by atoms with van der Waals surface area (Å²) >= 11 is 4.83. The number of rotatable bonds is 3. The lowest BCUT2D eigenvalue weighted by Gasteiger charge is -1.95. The van der Waals surface area contributed by atoms with E-state index in [4.69, 9.17) is 11.9 Å². The maximum absolute atomic E-state index is 4.83. The second kappa shape index (κ2) is 4.28. The van der Waals surface area contributed by atoms with Crippen LogP contribution in [0.1, 0.15) is 5.56 Å². The van der Waals surface area contributed by atoms with Crippen LogP contribution in [0.3, 0.4) is 0 Å². The normalized spacial score (nSPS) is 9.70. The Morgan fingerprint density at radius 2 is 1.90 bits per heavy atom. The number of halogens is 1. The van der Waals surface area contributed by atoms with Gasteiger partial charge < -0.3 is 0 Å². The third-order valence-electron chi connectivity index (χ3n) is 1.11. The van der Waals surface area contributed by atoms with E-state index in [1.165, 1.54) is 0 Å². The Morgan fingerprint density at radius 3 is 2.50 bits per heavy atom. The molecule has 0 aliphatic heterocycles. The number of hydrogen-bond donors (Lipinski definition) is 0. The van der Waals surface area contributed by atoms with Gasteiger partial charge in [-0.15, -0.1) is 4.44 Å². The zero-order chi connectivity index (χ0) is 7.23. The summed E-state index contributed by atoms with van der Waals surface area (Å²) in [5.74, 6) is 0. The summed E-state index contributed by atoms with van der Waals surface area (Å²) in [4.78, 5) is 4.48. The predicted octanol–water partition coefficient (Wildman–Crippen LogP) is 2.29. The van der Waals surface area contributed by atoms with Gasteiger partial charge in [0, 0.05) is 0 Å². The highest BCUT2D eigenvalue weighted by molar-refractivity contribution is 6.06. The van der Waals surface area contributed by atoms with Gasteiger partial charge in [-0.1, -0.05) is 30.3 Å². The van der Waals surface area contributed by atoms with E-state index in [1.54, 1.807) is 0 Å². The summed E-state index contributed by atoms with van der Waals surface area (Å²) in [6.45, 7) is 0.379. The van der Waals surface area contributed by atoms with Crippen molar-refractivity contribution in [2.45, 2.75) is 6.61 Å². The van der Waals surface area contributed by atoms with Crippen LogP contribution in [-0.2, 0) is 15.9 Å². The molecule has 0 fully saturated rings. The molecule has 0 amide bonds. The molecule has 54 valence electrons. The number of benzene rings is 1. The van der Waals surface area contributed by atoms with E-state index in [1.807, 2.05) is 30.3 Å². The summed E-state index contributed by atoms with van der Waals surface area (Å²) in [6.07, 6.45) is 0. The molecule has 0 atom stereocenters. The Morgan fingerprint density at radius 1 is 1.20 bits per heavy atom. The molecule has 0 aliphatic carbocycles. The van der Waals surface area contributed by atoms with Crippen LogP contribution >= 0.6 is 11.9 Å². The average molecular weight is 159 g/mol. The topological polar surface area (TPSA) is 18.5 Å². The quantitative estimate of drug-likeness (QED) is 0.497. The van der Waals surface area contributed by atoms with E-state index in [-0.39, 0.29) is 0 Å². The highest BCUT2D eigenvalue weighted by Crippen LogP contribution is 2.00. The molecule has 0 bridgehead atoms. The van der Waals surface area contributed by atoms with Crippen molar-refractivity contribution in [3.8, 4) is 0 Å². The maximum atomic E-state index is 4.83. The van der Waals surface area contributed by atoms with E-state index in [0.717, 1.165) is 5.56 Å². The Hall–Kier alpha value is -0.570. The van der Waals surface area contributed by atoms with E-state index in [9.17, 15) is 0 Å². The summed E-state index contributed by atoms with van der Waals surface area (Å²) in [5, 5.41) is 0. The van der Waals surface area contributed by atoms with Gasteiger partial charge in [0.05, 0.1) is 11.9 Å². The molecule has 0 heterocycles. The molecule has 1 aromatic carbocycles. The Kier molecular flexibility index (Phi) is 3.22. The summed E-state index contributed by atoms with van der Waals surface area (Å²) in [7, 11) is 0. The molecule has 2 nitrogen and oxygen atoms in total. The first-order chi connectivity index (χ1) is 4.93. The van der Waals surface area contributed by atoms with Crippen molar-refractivity contribution in [1.29, 1.82) is 0 Å². The van der Waals surface area contributed by atoms with Crippen LogP contribution in [-0.4, -0.2) is 0 Å². The lowest BCUT2D eigenvalue weighted by atomic mass is 10.2. The third kappa shape index (κ3) is 2.35. The molecule has 0 N–H and O–H groups in total. The minimum Gasteiger partial charge on any atom is -0.214 e. The van der Waals surface area contributed by atoms with Crippen molar-refractivity contribution >= 4 is 11.9 Å². The predicted molar refractivity (Wildman–Crippen MR) is 38.2 cm³/mol. The largest absolute Gasteiger partial charge is 0.214 e. The monoisotopic (exact) mass is 158 g/mol. The molecular formula is C7H7ClO2. The van der Waals surface area contributed by atoms with E-state index >= 15 is 0 Å². The van der Waals surface area contributed by atoms with Crippen molar-refractivity contribution in [2.24, 2.45) is 0 Å². The first-order valence-corrected chi connectivity index (χ1v) is 3.18. The van der Waals surface area contributed by atoms with Crippen LogP contribution in [0, 0.1) is 0 Å². The standard InChI is InChI=1S/C7H7ClO2/c8-10-9-6-7-4-2-1-3-5-7/h1-5H,6H2. The second-order valence-corrected chi connectivity index (χ2v) is 1.94. The van der Waals surface area contributed by atoms with Crippen LogP contribution < -0.4 is 0 Å². The summed E-state index contributed by atoms with van der Waals surface area (Å²) < 4.78 is 3.92. The van der Waals surface area contributed by atoms with Crippen molar-refractivity contribution in [1.82, 2.24) is 0 Å². The Labute approximate surface area is 64.4 Å². The Bertz CT molecular complexity index is 176. The second-order valence-electron chi connectivity index (χ2n) is 1.81. The van der Waals surface area contributed by atoms with Crippen molar-refractivity contribution in [3.63, 3.8) is 0 Å². The van der Waals surface area contributed by atoms with Crippen LogP contribution in [0.2, 0.25) is 0 Å². The molecule has 0 saturated carbocycles. The van der Waals surface area contributed by atoms with Gasteiger partial charge in [0.2, 0.25) is 0 Å². The fourth-order valence-electron chi connectivity index (χ4n) is 0.665. The zero-order valence-corrected chi connectivity index (χ0v) is 6.04. The van der Waals surface area contributed by atoms with Crippen LogP contribution in [0.5, 0.6) is 0 Å². The Balaban J connectivity index is 2.43. The molecule has 1 aromatic rings. The van der Waals surface area contributed by atoms with Gasteiger partial charge in [-0.25, -0.2) is 4.89 Å². The zero-order valence-electron chi connectivity index (χ0n) is 5.29. The van der Waals surface area contributed by atoms with Gasteiger partial charge in [0.15, 0.2) is 0 Å². The SMILES string of the molecule is ClOOCc1ccccc1. The molecule has 0 spiro atoms. The molecule has 10 heavy (non-hydrogen) atoms. The number of hydrogen-bond acceptors (Lipinski definition) is 2. The fraction of sp³-hybridized carbons (Fsp3) is 0.143. The van der Waals surface area contributed by atoms with Gasteiger partial charge in [-0.3, -0.25) is 0 Å². The molecule has 0 radical (unpaired) electrons. The van der Waals surface area contributed by atoms with Gasteiger partial charge >= 0.3 is 0 Å². The average Bonchev–Trinajstić information content (AvgIpc) is 2.03. The molecule has 1 rings (SSSR count). The van der Waals surface area contributed by atoms with Crippen LogP contribution in [0.25, 0.3) is 0 Å². The van der Waals surface area contributed by atoms with E-state index in [0.29, 0.717) is 6.61 Å². The molecule has 0 saturated heterocycles. The molecule has 3 heteroatoms.